The lowest BCUT2D eigenvalue weighted by molar-refractivity contribution is -0.0987. The van der Waals surface area contributed by atoms with Crippen LogP contribution in [0.25, 0.3) is 0 Å². The van der Waals surface area contributed by atoms with Crippen LogP contribution in [-0.2, 0) is 9.59 Å². The molecule has 32 heavy (non-hydrogen) atoms. The van der Waals surface area contributed by atoms with Gasteiger partial charge in [-0.05, 0) is 55.2 Å². The van der Waals surface area contributed by atoms with E-state index in [2.05, 4.69) is 17.1 Å². The molecule has 1 heterocycles. The van der Waals surface area contributed by atoms with Crippen LogP contribution in [0.4, 0.5) is 15.8 Å². The number of carbonyl (C=O) groups excluding carboxylic acids is 3. The van der Waals surface area contributed by atoms with Crippen LogP contribution in [0.1, 0.15) is 30.1 Å². The maximum absolute atomic E-state index is 13.3. The summed E-state index contributed by atoms with van der Waals surface area (Å²) in [6.45, 7) is 7.40. The molecule has 2 unspecified atom stereocenters. The van der Waals surface area contributed by atoms with E-state index in [1.807, 2.05) is 13.6 Å². The summed E-state index contributed by atoms with van der Waals surface area (Å²) >= 11 is 5.78. The van der Waals surface area contributed by atoms with Crippen LogP contribution in [0.15, 0.2) is 36.4 Å². The van der Waals surface area contributed by atoms with Gasteiger partial charge in [-0.3, -0.25) is 4.79 Å². The Balaban J connectivity index is 0.00000121. The molecule has 0 aliphatic carbocycles. The van der Waals surface area contributed by atoms with Crippen LogP contribution < -0.4 is 15.0 Å². The molecule has 1 saturated heterocycles. The standard InChI is InChI=1S/C21H24ClFN2O3.2CH2O/c1-13-3-6-16(26)12-25(11-13)19-9-14(4-8-20(19)28-2)21(27)24-15-5-7-18(23)17(22)10-15;2*1-2/h4-5,7-10,13,16,26H,3,6,11-12H2,1-2H3,(H,24,27);2*1H2. The van der Waals surface area contributed by atoms with E-state index in [9.17, 15) is 14.3 Å². The molecule has 1 amide bonds. The Morgan fingerprint density at radius 3 is 2.47 bits per heavy atom. The minimum absolute atomic E-state index is 0.0549. The van der Waals surface area contributed by atoms with Gasteiger partial charge in [-0.15, -0.1) is 0 Å². The first-order chi connectivity index (χ1) is 15.4. The number of halogens is 2. The molecule has 9 heteroatoms. The molecule has 2 N–H and O–H groups in total. The number of ether oxygens (including phenoxy) is 1. The van der Waals surface area contributed by atoms with Gasteiger partial charge in [0.25, 0.3) is 5.91 Å². The predicted molar refractivity (Wildman–Crippen MR) is 123 cm³/mol. The number of hydrogen-bond acceptors (Lipinski definition) is 6. The van der Waals surface area contributed by atoms with Crippen molar-refractivity contribution in [2.45, 2.75) is 25.9 Å². The lowest BCUT2D eigenvalue weighted by Gasteiger charge is -2.28. The minimum Gasteiger partial charge on any atom is -0.495 e. The van der Waals surface area contributed by atoms with Gasteiger partial charge in [0, 0.05) is 24.3 Å². The normalized spacial score (nSPS) is 17.6. The van der Waals surface area contributed by atoms with E-state index in [0.29, 0.717) is 29.5 Å². The number of carbonyl (C=O) groups is 3. The Labute approximate surface area is 192 Å². The van der Waals surface area contributed by atoms with Gasteiger partial charge in [-0.1, -0.05) is 18.5 Å². The summed E-state index contributed by atoms with van der Waals surface area (Å²) in [6, 6.07) is 9.19. The molecule has 1 aliphatic heterocycles. The third-order valence-corrected chi connectivity index (χ3v) is 5.20. The third kappa shape index (κ3) is 7.32. The zero-order chi connectivity index (χ0) is 24.3. The fraction of sp³-hybridized carbons (Fsp3) is 0.348. The summed E-state index contributed by atoms with van der Waals surface area (Å²) in [4.78, 5) is 30.7. The van der Waals surface area contributed by atoms with E-state index < -0.39 is 11.9 Å². The molecule has 1 fully saturated rings. The fourth-order valence-corrected chi connectivity index (χ4v) is 3.60. The van der Waals surface area contributed by atoms with E-state index >= 15 is 0 Å². The minimum atomic E-state index is -0.541. The van der Waals surface area contributed by atoms with Crippen molar-refractivity contribution < 1.29 is 28.6 Å². The van der Waals surface area contributed by atoms with Crippen LogP contribution in [0.5, 0.6) is 5.75 Å². The second kappa shape index (κ2) is 13.4. The van der Waals surface area contributed by atoms with Gasteiger partial charge in [0.2, 0.25) is 0 Å². The van der Waals surface area contributed by atoms with Crippen LogP contribution in [0.2, 0.25) is 5.02 Å². The number of hydrogen-bond donors (Lipinski definition) is 2. The van der Waals surface area contributed by atoms with Gasteiger partial charge >= 0.3 is 0 Å². The molecule has 2 atom stereocenters. The summed E-state index contributed by atoms with van der Waals surface area (Å²) in [5.41, 5.74) is 1.61. The van der Waals surface area contributed by atoms with Crippen LogP contribution in [0, 0.1) is 11.7 Å². The maximum atomic E-state index is 13.3. The Kier molecular flexibility index (Phi) is 11.4. The molecule has 1 aliphatic rings. The molecule has 0 bridgehead atoms. The Morgan fingerprint density at radius 2 is 1.84 bits per heavy atom. The van der Waals surface area contributed by atoms with Crippen LogP contribution in [0.3, 0.4) is 0 Å². The van der Waals surface area contributed by atoms with Crippen molar-refractivity contribution in [2.75, 3.05) is 30.4 Å². The molecule has 0 aromatic heterocycles. The average Bonchev–Trinajstić information content (AvgIpc) is 2.98. The van der Waals surface area contributed by atoms with Crippen molar-refractivity contribution in [1.29, 1.82) is 0 Å². The molecule has 174 valence electrons. The molecule has 0 radical (unpaired) electrons. The zero-order valence-corrected chi connectivity index (χ0v) is 18.9. The van der Waals surface area contributed by atoms with Gasteiger partial charge in [0.1, 0.15) is 25.1 Å². The topological polar surface area (TPSA) is 95.9 Å². The highest BCUT2D eigenvalue weighted by molar-refractivity contribution is 6.31. The quantitative estimate of drug-likeness (QED) is 0.707. The summed E-state index contributed by atoms with van der Waals surface area (Å²) in [5.74, 6) is 0.179. The molecular formula is C23H28ClFN2O5. The number of nitrogens with one attached hydrogen (secondary N) is 1. The SMILES string of the molecule is C=O.C=O.COc1ccc(C(=O)Nc2ccc(F)c(Cl)c2)cc1N1CC(C)CCC(O)C1. The first-order valence-corrected chi connectivity index (χ1v) is 10.2. The number of β-amino-alcohol motifs (C(OH)–C–C–N with tert-alkyl or cyclic N) is 1. The number of amides is 1. The van der Waals surface area contributed by atoms with Crippen LogP contribution in [-0.4, -0.2) is 50.9 Å². The molecule has 7 nitrogen and oxygen atoms in total. The van der Waals surface area contributed by atoms with Gasteiger partial charge in [0.15, 0.2) is 0 Å². The molecule has 2 aromatic carbocycles. The highest BCUT2D eigenvalue weighted by Crippen LogP contribution is 2.32. The van der Waals surface area contributed by atoms with Crippen molar-refractivity contribution in [2.24, 2.45) is 5.92 Å². The maximum Gasteiger partial charge on any atom is 0.255 e. The van der Waals surface area contributed by atoms with Crippen molar-refractivity contribution >= 4 is 42.5 Å². The number of aliphatic hydroxyl groups excluding tert-OH is 1. The van der Waals surface area contributed by atoms with E-state index in [1.165, 1.54) is 18.2 Å². The number of methoxy groups -OCH3 is 1. The zero-order valence-electron chi connectivity index (χ0n) is 18.1. The Hall–Kier alpha value is -2.97. The molecule has 0 spiro atoms. The highest BCUT2D eigenvalue weighted by atomic mass is 35.5. The highest BCUT2D eigenvalue weighted by Gasteiger charge is 2.23. The van der Waals surface area contributed by atoms with Crippen molar-refractivity contribution in [3.05, 3.63) is 52.8 Å². The average molecular weight is 467 g/mol. The number of anilines is 2. The lowest BCUT2D eigenvalue weighted by Crippen LogP contribution is -2.32. The number of benzene rings is 2. The van der Waals surface area contributed by atoms with Gasteiger partial charge in [-0.2, -0.15) is 0 Å². The van der Waals surface area contributed by atoms with Crippen molar-refractivity contribution in [3.8, 4) is 5.75 Å². The molecule has 0 saturated carbocycles. The largest absolute Gasteiger partial charge is 0.495 e. The van der Waals surface area contributed by atoms with Gasteiger partial charge in [-0.25, -0.2) is 4.39 Å². The monoisotopic (exact) mass is 466 g/mol. The number of aliphatic hydroxyl groups is 1. The van der Waals surface area contributed by atoms with Crippen molar-refractivity contribution in [3.63, 3.8) is 0 Å². The van der Waals surface area contributed by atoms with E-state index in [4.69, 9.17) is 25.9 Å². The van der Waals surface area contributed by atoms with Crippen molar-refractivity contribution in [1.82, 2.24) is 0 Å². The summed E-state index contributed by atoms with van der Waals surface area (Å²) < 4.78 is 18.8. The second-order valence-corrected chi connectivity index (χ2v) is 7.62. The smallest absolute Gasteiger partial charge is 0.255 e. The molecule has 2 aromatic rings. The van der Waals surface area contributed by atoms with E-state index in [0.717, 1.165) is 25.1 Å². The second-order valence-electron chi connectivity index (χ2n) is 7.21. The van der Waals surface area contributed by atoms with Gasteiger partial charge in [0.05, 0.1) is 23.9 Å². The summed E-state index contributed by atoms with van der Waals surface area (Å²) in [6.07, 6.45) is 1.28. The summed E-state index contributed by atoms with van der Waals surface area (Å²) in [5, 5.41) is 12.9. The van der Waals surface area contributed by atoms with E-state index in [-0.39, 0.29) is 10.9 Å². The lowest BCUT2D eigenvalue weighted by atomic mass is 10.1. The molecule has 3 rings (SSSR count). The molecular weight excluding hydrogens is 439 g/mol. The van der Waals surface area contributed by atoms with Crippen LogP contribution >= 0.6 is 11.6 Å². The first-order valence-electron chi connectivity index (χ1n) is 9.82. The fourth-order valence-electron chi connectivity index (χ4n) is 3.42. The third-order valence-electron chi connectivity index (χ3n) is 4.92. The number of nitrogens with zero attached hydrogens (tertiary/aromatic N) is 1. The Morgan fingerprint density at radius 1 is 1.16 bits per heavy atom. The van der Waals surface area contributed by atoms with Gasteiger partial charge < -0.3 is 29.6 Å². The number of rotatable bonds is 4. The summed E-state index contributed by atoms with van der Waals surface area (Å²) in [7, 11) is 1.58. The van der Waals surface area contributed by atoms with E-state index in [1.54, 1.807) is 25.3 Å². The predicted octanol–water partition coefficient (Wildman–Crippen LogP) is 3.97. The first kappa shape index (κ1) is 27.1. The Bertz CT molecular complexity index is 885.